The predicted molar refractivity (Wildman–Crippen MR) is 309 cm³/mol. The second-order valence-electron chi connectivity index (χ2n) is 21.5. The summed E-state index contributed by atoms with van der Waals surface area (Å²) in [6, 6.07) is 60.0. The number of carbonyl (C=O) groups excluding carboxylic acids is 5. The van der Waals surface area contributed by atoms with Gasteiger partial charge in [-0.05, 0) is 112 Å². The zero-order valence-corrected chi connectivity index (χ0v) is 46.5. The number of hydrogen-bond acceptors (Lipinski definition) is 10. The van der Waals surface area contributed by atoms with Crippen LogP contribution in [0.4, 0.5) is 9.59 Å². The minimum absolute atomic E-state index is 0.00397. The Morgan fingerprint density at radius 1 is 0.519 bits per heavy atom. The second kappa shape index (κ2) is 24.1. The Bertz CT molecular complexity index is 3390. The minimum atomic E-state index is -1.45. The lowest BCUT2D eigenvalue weighted by Crippen LogP contribution is -2.47. The van der Waals surface area contributed by atoms with Gasteiger partial charge in [0, 0.05) is 12.6 Å². The fraction of sp³-hybridized carbons (Fsp3) is 0.231. The van der Waals surface area contributed by atoms with Gasteiger partial charge in [0.25, 0.3) is 17.7 Å². The first-order valence-corrected chi connectivity index (χ1v) is 26.4. The molecule has 2 aliphatic heterocycles. The van der Waals surface area contributed by atoms with Gasteiger partial charge >= 0.3 is 18.2 Å². The van der Waals surface area contributed by atoms with E-state index in [1.807, 2.05) is 165 Å². The third-order valence-corrected chi connectivity index (χ3v) is 13.4. The average Bonchev–Trinajstić information content (AvgIpc) is 3.55. The van der Waals surface area contributed by atoms with Crippen LogP contribution in [0.25, 0.3) is 0 Å². The van der Waals surface area contributed by atoms with Crippen molar-refractivity contribution < 1.29 is 43.3 Å². The van der Waals surface area contributed by atoms with E-state index in [0.29, 0.717) is 38.9 Å². The van der Waals surface area contributed by atoms with Gasteiger partial charge in [0.05, 0.1) is 24.7 Å². The summed E-state index contributed by atoms with van der Waals surface area (Å²) in [6.45, 7) is 12.6. The monoisotopic (exact) mass is 1090 g/mol. The summed E-state index contributed by atoms with van der Waals surface area (Å²) in [5.74, 6) is -1.86. The molecule has 1 atom stereocenters. The molecule has 0 aliphatic carbocycles. The van der Waals surface area contributed by atoms with Crippen molar-refractivity contribution in [3.63, 3.8) is 0 Å². The molecule has 7 aromatic rings. The van der Waals surface area contributed by atoms with Gasteiger partial charge in [-0.3, -0.25) is 34.8 Å². The summed E-state index contributed by atoms with van der Waals surface area (Å²) in [6.07, 6.45) is -1.48. The van der Waals surface area contributed by atoms with Crippen LogP contribution in [0.1, 0.15) is 114 Å². The Kier molecular flexibility index (Phi) is 17.1. The quantitative estimate of drug-likeness (QED) is 0.106. The van der Waals surface area contributed by atoms with Gasteiger partial charge in [0.15, 0.2) is 11.1 Å². The molecule has 0 spiro atoms. The van der Waals surface area contributed by atoms with E-state index in [0.717, 1.165) is 5.56 Å². The first-order chi connectivity index (χ1) is 38.6. The summed E-state index contributed by atoms with van der Waals surface area (Å²) in [7, 11) is 1.78. The minimum Gasteiger partial charge on any atom is -0.478 e. The Morgan fingerprint density at radius 2 is 0.852 bits per heavy atom. The van der Waals surface area contributed by atoms with Crippen molar-refractivity contribution >= 4 is 47.8 Å². The van der Waals surface area contributed by atoms with Crippen molar-refractivity contribution in [1.82, 2.24) is 25.3 Å². The topological polar surface area (TPSA) is 200 Å². The molecule has 0 radical (unpaired) electrons. The molecule has 0 unspecified atom stereocenters. The Morgan fingerprint density at radius 3 is 1.20 bits per heavy atom. The van der Waals surface area contributed by atoms with Crippen LogP contribution >= 0.6 is 0 Å². The maximum atomic E-state index is 14.6. The SMILES string of the molecule is CC(C)(C)OC(=O)NC1=NC(c2ccccc2)(c2ccccc2)C(=O)N1Cc1cccc(C(=O)O)c1.C[C@H](c1ccccc1)N(C)C(=O)c1cccc(CN2C(=O)C(c3ccccc3)(c3ccccc3)N=C2NC(=O)OC(C)(C)C)c1. The van der Waals surface area contributed by atoms with Gasteiger partial charge < -0.3 is 19.5 Å². The number of amides is 5. The van der Waals surface area contributed by atoms with Crippen molar-refractivity contribution in [2.45, 2.75) is 89.9 Å². The number of ether oxygens (including phenoxy) is 2. The largest absolute Gasteiger partial charge is 0.478 e. The molecular formula is C65H65N7O9. The summed E-state index contributed by atoms with van der Waals surface area (Å²) in [5.41, 5.74) is 1.05. The highest BCUT2D eigenvalue weighted by molar-refractivity contribution is 6.14. The summed E-state index contributed by atoms with van der Waals surface area (Å²) in [5, 5.41) is 14.8. The number of carboxylic acids is 1. The fourth-order valence-corrected chi connectivity index (χ4v) is 9.50. The van der Waals surface area contributed by atoms with E-state index in [2.05, 4.69) is 10.6 Å². The number of alkyl carbamates (subject to hydrolysis) is 2. The van der Waals surface area contributed by atoms with E-state index in [1.165, 1.54) is 21.9 Å². The standard InChI is InChI=1S/C37H38N4O4.C28H27N3O5/c1-26(28-17-9-6-10-18-28)40(5)32(42)29-19-15-16-27(24-29)25-41-33(43)37(30-20-11-7-12-21-30,31-22-13-8-14-23-31)39-34(41)38-35(44)45-36(2,3)4;1-27(2,3)36-26(35)29-25-30-28(21-13-6-4-7-14-21,22-15-8-5-9-16-22)24(34)31(25)18-19-11-10-12-20(17-19)23(32)33/h6-24,26H,25H2,1-5H3,(H,38,39,44);4-17H,18H2,1-3H3,(H,32,33)(H,29,30,35)/t26-;/m1./s1. The highest BCUT2D eigenvalue weighted by atomic mass is 16.6. The average molecular weight is 1090 g/mol. The van der Waals surface area contributed by atoms with E-state index < -0.39 is 40.4 Å². The summed E-state index contributed by atoms with van der Waals surface area (Å²) >= 11 is 0. The molecule has 16 heteroatoms. The number of guanidine groups is 2. The molecular weight excluding hydrogens is 1020 g/mol. The highest BCUT2D eigenvalue weighted by Crippen LogP contribution is 2.42. The predicted octanol–water partition coefficient (Wildman–Crippen LogP) is 11.2. The van der Waals surface area contributed by atoms with E-state index in [4.69, 9.17) is 19.5 Å². The second-order valence-corrected chi connectivity index (χ2v) is 21.5. The fourth-order valence-electron chi connectivity index (χ4n) is 9.50. The molecule has 3 N–H and O–H groups in total. The van der Waals surface area contributed by atoms with Crippen molar-refractivity contribution in [3.05, 3.63) is 250 Å². The van der Waals surface area contributed by atoms with Gasteiger partial charge in [-0.2, -0.15) is 0 Å². The number of carbonyl (C=O) groups is 6. The van der Waals surface area contributed by atoms with Crippen molar-refractivity contribution in [3.8, 4) is 0 Å². The number of nitrogens with zero attached hydrogens (tertiary/aromatic N) is 5. The zero-order valence-electron chi connectivity index (χ0n) is 46.5. The normalized spacial score (nSPS) is 14.8. The smallest absolute Gasteiger partial charge is 0.414 e. The lowest BCUT2D eigenvalue weighted by Gasteiger charge is -2.28. The number of aliphatic imine (C=N–C) groups is 2. The number of carboxylic acid groups (broad SMARTS) is 1. The molecule has 0 saturated heterocycles. The van der Waals surface area contributed by atoms with Crippen LogP contribution in [0, 0.1) is 0 Å². The van der Waals surface area contributed by atoms with Gasteiger partial charge in [-0.25, -0.2) is 24.4 Å². The molecule has 0 fully saturated rings. The van der Waals surface area contributed by atoms with Crippen LogP contribution in [0.5, 0.6) is 0 Å². The Hall–Kier alpha value is -9.70. The first-order valence-electron chi connectivity index (χ1n) is 26.4. The van der Waals surface area contributed by atoms with Gasteiger partial charge in [-0.1, -0.05) is 176 Å². The Labute approximate surface area is 471 Å². The third kappa shape index (κ3) is 13.1. The molecule has 81 heavy (non-hydrogen) atoms. The van der Waals surface area contributed by atoms with Crippen molar-refractivity contribution in [1.29, 1.82) is 0 Å². The number of nitrogens with one attached hydrogen (secondary N) is 2. The lowest BCUT2D eigenvalue weighted by molar-refractivity contribution is -0.131. The molecule has 2 aliphatic rings. The van der Waals surface area contributed by atoms with Crippen LogP contribution < -0.4 is 10.6 Å². The van der Waals surface area contributed by atoms with Gasteiger partial charge in [-0.15, -0.1) is 0 Å². The van der Waals surface area contributed by atoms with Gasteiger partial charge in [0.2, 0.25) is 11.9 Å². The third-order valence-electron chi connectivity index (χ3n) is 13.4. The molecule has 414 valence electrons. The number of aromatic carboxylic acids is 1. The zero-order chi connectivity index (χ0) is 58.1. The summed E-state index contributed by atoms with van der Waals surface area (Å²) < 4.78 is 10.9. The Balaban J connectivity index is 0.000000218. The van der Waals surface area contributed by atoms with Crippen LogP contribution in [-0.2, 0) is 43.2 Å². The van der Waals surface area contributed by atoms with Crippen LogP contribution in [0.15, 0.2) is 210 Å². The van der Waals surface area contributed by atoms with E-state index in [-0.39, 0.29) is 54.3 Å². The van der Waals surface area contributed by atoms with Gasteiger partial charge in [0.1, 0.15) is 11.2 Å². The lowest BCUT2D eigenvalue weighted by atomic mass is 9.83. The highest BCUT2D eigenvalue weighted by Gasteiger charge is 2.53. The molecule has 5 amide bonds. The van der Waals surface area contributed by atoms with Crippen molar-refractivity contribution in [2.75, 3.05) is 7.05 Å². The first kappa shape index (κ1) is 57.5. The van der Waals surface area contributed by atoms with Crippen molar-refractivity contribution in [2.24, 2.45) is 9.98 Å². The molecule has 16 nitrogen and oxygen atoms in total. The van der Waals surface area contributed by atoms with E-state index >= 15 is 0 Å². The van der Waals surface area contributed by atoms with Crippen LogP contribution in [0.2, 0.25) is 0 Å². The molecule has 2 heterocycles. The molecule has 7 aromatic carbocycles. The summed E-state index contributed by atoms with van der Waals surface area (Å²) in [4.78, 5) is 93.9. The molecule has 0 aromatic heterocycles. The number of benzene rings is 7. The molecule has 9 rings (SSSR count). The van der Waals surface area contributed by atoms with Crippen LogP contribution in [0.3, 0.4) is 0 Å². The van der Waals surface area contributed by atoms with Crippen LogP contribution in [-0.4, -0.2) is 85.9 Å². The maximum Gasteiger partial charge on any atom is 0.414 e. The number of hydrogen-bond donors (Lipinski definition) is 3. The van der Waals surface area contributed by atoms with E-state index in [9.17, 15) is 33.9 Å². The van der Waals surface area contributed by atoms with E-state index in [1.54, 1.807) is 83.8 Å². The number of rotatable bonds is 12. The maximum absolute atomic E-state index is 14.6. The molecule has 0 saturated carbocycles. The molecule has 0 bridgehead atoms.